The molecule has 2 aliphatic heterocycles. The first-order valence-corrected chi connectivity index (χ1v) is 10.5. The summed E-state index contributed by atoms with van der Waals surface area (Å²) in [5.41, 5.74) is 2.78. The van der Waals surface area contributed by atoms with Crippen LogP contribution in [-0.2, 0) is 6.54 Å². The lowest BCUT2D eigenvalue weighted by Crippen LogP contribution is -2.67. The Morgan fingerprint density at radius 1 is 1.27 bits per heavy atom. The van der Waals surface area contributed by atoms with E-state index < -0.39 is 0 Å². The van der Waals surface area contributed by atoms with Crippen LogP contribution < -0.4 is 4.74 Å². The lowest BCUT2D eigenvalue weighted by molar-refractivity contribution is -0.0655. The summed E-state index contributed by atoms with van der Waals surface area (Å²) in [5, 5.41) is 4.97. The van der Waals surface area contributed by atoms with Crippen molar-refractivity contribution in [2.45, 2.75) is 45.2 Å². The Balaban J connectivity index is 1.36. The van der Waals surface area contributed by atoms with E-state index in [1.165, 1.54) is 5.56 Å². The molecule has 1 aromatic carbocycles. The Hall–Kier alpha value is -2.80. The van der Waals surface area contributed by atoms with Gasteiger partial charge in [0.25, 0.3) is 5.91 Å². The van der Waals surface area contributed by atoms with Crippen molar-refractivity contribution in [2.75, 3.05) is 26.7 Å². The van der Waals surface area contributed by atoms with E-state index in [0.717, 1.165) is 62.3 Å². The van der Waals surface area contributed by atoms with Crippen molar-refractivity contribution in [2.24, 2.45) is 0 Å². The van der Waals surface area contributed by atoms with E-state index in [1.54, 1.807) is 7.11 Å². The number of furan rings is 1. The van der Waals surface area contributed by atoms with Crippen molar-refractivity contribution in [3.05, 3.63) is 47.0 Å². The van der Waals surface area contributed by atoms with Gasteiger partial charge in [0.2, 0.25) is 0 Å². The smallest absolute Gasteiger partial charge is 0.289 e. The average molecular weight is 409 g/mol. The average Bonchev–Trinajstić information content (AvgIpc) is 3.34. The minimum Gasteiger partial charge on any atom is -0.493 e. The van der Waals surface area contributed by atoms with E-state index in [4.69, 9.17) is 13.7 Å². The number of carbonyl (C=O) groups is 1. The van der Waals surface area contributed by atoms with Crippen LogP contribution in [0.5, 0.6) is 5.75 Å². The summed E-state index contributed by atoms with van der Waals surface area (Å²) >= 11 is 0. The molecule has 2 aliphatic rings. The van der Waals surface area contributed by atoms with Crippen LogP contribution in [0.3, 0.4) is 0 Å². The summed E-state index contributed by atoms with van der Waals surface area (Å²) in [5.74, 6) is 1.86. The Bertz CT molecular complexity index is 1080. The second kappa shape index (κ2) is 7.16. The summed E-state index contributed by atoms with van der Waals surface area (Å²) in [7, 11) is 1.61. The fraction of sp³-hybridized carbons (Fsp3) is 0.478. The fourth-order valence-corrected chi connectivity index (χ4v) is 4.96. The van der Waals surface area contributed by atoms with Gasteiger partial charge in [-0.05, 0) is 45.2 Å². The molecule has 30 heavy (non-hydrogen) atoms. The first-order chi connectivity index (χ1) is 14.5. The molecule has 3 aromatic rings. The number of benzene rings is 1. The zero-order valence-electron chi connectivity index (χ0n) is 17.7. The van der Waals surface area contributed by atoms with Crippen LogP contribution in [-0.4, -0.2) is 53.1 Å². The molecular weight excluding hydrogens is 382 g/mol. The van der Waals surface area contributed by atoms with Gasteiger partial charge in [-0.15, -0.1) is 0 Å². The van der Waals surface area contributed by atoms with Gasteiger partial charge < -0.3 is 18.6 Å². The number of para-hydroxylation sites is 1. The molecule has 7 nitrogen and oxygen atoms in total. The first-order valence-electron chi connectivity index (χ1n) is 10.5. The van der Waals surface area contributed by atoms with Gasteiger partial charge in [-0.2, -0.15) is 0 Å². The molecule has 5 rings (SSSR count). The summed E-state index contributed by atoms with van der Waals surface area (Å²) in [6.45, 7) is 7.30. The van der Waals surface area contributed by atoms with Gasteiger partial charge in [0.05, 0.1) is 12.8 Å². The van der Waals surface area contributed by atoms with Crippen LogP contribution in [0.2, 0.25) is 0 Å². The van der Waals surface area contributed by atoms with E-state index in [0.29, 0.717) is 17.1 Å². The third-order valence-corrected chi connectivity index (χ3v) is 6.83. The normalized spacial score (nSPS) is 21.9. The molecule has 0 N–H and O–H groups in total. The molecule has 1 atom stereocenters. The molecule has 0 bridgehead atoms. The predicted octanol–water partition coefficient (Wildman–Crippen LogP) is 3.93. The van der Waals surface area contributed by atoms with Gasteiger partial charge in [0.15, 0.2) is 17.1 Å². The van der Waals surface area contributed by atoms with Crippen molar-refractivity contribution >= 4 is 16.9 Å². The van der Waals surface area contributed by atoms with Gasteiger partial charge in [0, 0.05) is 42.7 Å². The maximum absolute atomic E-state index is 13.3. The van der Waals surface area contributed by atoms with Gasteiger partial charge in [-0.1, -0.05) is 17.3 Å². The third kappa shape index (κ3) is 2.99. The van der Waals surface area contributed by atoms with Crippen LogP contribution in [0, 0.1) is 13.8 Å². The highest BCUT2D eigenvalue weighted by atomic mass is 16.5. The van der Waals surface area contributed by atoms with E-state index in [2.05, 4.69) is 10.1 Å². The Kier molecular flexibility index (Phi) is 4.58. The first kappa shape index (κ1) is 19.2. The van der Waals surface area contributed by atoms with Crippen LogP contribution >= 0.6 is 0 Å². The molecule has 2 aromatic heterocycles. The topological polar surface area (TPSA) is 72.0 Å². The fourth-order valence-electron chi connectivity index (χ4n) is 4.96. The molecule has 0 radical (unpaired) electrons. The number of amides is 1. The number of piperidine rings is 1. The van der Waals surface area contributed by atoms with Gasteiger partial charge in [0.1, 0.15) is 5.76 Å². The summed E-state index contributed by atoms with van der Waals surface area (Å²) < 4.78 is 16.6. The largest absolute Gasteiger partial charge is 0.493 e. The highest BCUT2D eigenvalue weighted by Gasteiger charge is 2.48. The standard InChI is InChI=1S/C23H27N3O4/c1-15-18(16(2)30-24-15)13-26-11-9-23(26)8-5-10-25(14-23)22(27)20-12-17-6-4-7-19(28-3)21(17)29-20/h4,6-7,12H,5,8-11,13-14H2,1-3H3/t23-/m0/s1. The molecule has 1 spiro atoms. The van der Waals surface area contributed by atoms with Crippen LogP contribution in [0.15, 0.2) is 33.2 Å². The monoisotopic (exact) mass is 409 g/mol. The van der Waals surface area contributed by atoms with Crippen molar-refractivity contribution in [3.63, 3.8) is 0 Å². The highest BCUT2D eigenvalue weighted by molar-refractivity contribution is 5.97. The highest BCUT2D eigenvalue weighted by Crippen LogP contribution is 2.41. The van der Waals surface area contributed by atoms with Gasteiger partial charge in [-0.3, -0.25) is 9.69 Å². The van der Waals surface area contributed by atoms with Gasteiger partial charge >= 0.3 is 0 Å². The zero-order chi connectivity index (χ0) is 20.9. The van der Waals surface area contributed by atoms with E-state index in [-0.39, 0.29) is 11.4 Å². The molecule has 7 heteroatoms. The maximum atomic E-state index is 13.3. The lowest BCUT2D eigenvalue weighted by Gasteiger charge is -2.57. The molecule has 4 heterocycles. The van der Waals surface area contributed by atoms with Crippen molar-refractivity contribution in [1.29, 1.82) is 0 Å². The second-order valence-electron chi connectivity index (χ2n) is 8.52. The summed E-state index contributed by atoms with van der Waals surface area (Å²) in [6.07, 6.45) is 3.20. The SMILES string of the molecule is COc1cccc2cc(C(=O)N3CCC[C@]4(CCN4Cc4c(C)noc4C)C3)oc12. The van der Waals surface area contributed by atoms with Crippen LogP contribution in [0.4, 0.5) is 0 Å². The number of aromatic nitrogens is 1. The number of aryl methyl sites for hydroxylation is 2. The van der Waals surface area contributed by atoms with Gasteiger partial charge in [-0.25, -0.2) is 0 Å². The molecule has 1 amide bonds. The minimum absolute atomic E-state index is 0.0355. The van der Waals surface area contributed by atoms with Crippen molar-refractivity contribution in [3.8, 4) is 5.75 Å². The number of likely N-dealkylation sites (tertiary alicyclic amines) is 2. The molecule has 0 aliphatic carbocycles. The third-order valence-electron chi connectivity index (χ3n) is 6.83. The van der Waals surface area contributed by atoms with Crippen LogP contribution in [0.25, 0.3) is 11.0 Å². The molecule has 2 saturated heterocycles. The molecule has 158 valence electrons. The zero-order valence-corrected chi connectivity index (χ0v) is 17.7. The number of rotatable bonds is 4. The number of ether oxygens (including phenoxy) is 1. The van der Waals surface area contributed by atoms with E-state index >= 15 is 0 Å². The number of nitrogens with zero attached hydrogens (tertiary/aromatic N) is 3. The molecule has 2 fully saturated rings. The quantitative estimate of drug-likeness (QED) is 0.650. The van der Waals surface area contributed by atoms with Crippen molar-refractivity contribution < 1.29 is 18.5 Å². The minimum atomic E-state index is -0.0449. The second-order valence-corrected chi connectivity index (χ2v) is 8.52. The maximum Gasteiger partial charge on any atom is 0.289 e. The molecule has 0 unspecified atom stereocenters. The number of hydrogen-bond acceptors (Lipinski definition) is 6. The Labute approximate surface area is 175 Å². The number of hydrogen-bond donors (Lipinski definition) is 0. The number of methoxy groups -OCH3 is 1. The Morgan fingerprint density at radius 3 is 2.83 bits per heavy atom. The summed E-state index contributed by atoms with van der Waals surface area (Å²) in [6, 6.07) is 7.51. The number of carbonyl (C=O) groups excluding carboxylic acids is 1. The van der Waals surface area contributed by atoms with E-state index in [9.17, 15) is 4.79 Å². The van der Waals surface area contributed by atoms with E-state index in [1.807, 2.05) is 43.0 Å². The number of fused-ring (bicyclic) bond motifs is 1. The predicted molar refractivity (Wildman–Crippen MR) is 112 cm³/mol. The molecule has 0 saturated carbocycles. The summed E-state index contributed by atoms with van der Waals surface area (Å²) in [4.78, 5) is 17.7. The van der Waals surface area contributed by atoms with Crippen molar-refractivity contribution in [1.82, 2.24) is 15.0 Å². The van der Waals surface area contributed by atoms with Crippen LogP contribution in [0.1, 0.15) is 46.8 Å². The molecular formula is C23H27N3O4. The Morgan fingerprint density at radius 2 is 2.13 bits per heavy atom. The lowest BCUT2D eigenvalue weighted by atomic mass is 9.77.